The first-order valence-corrected chi connectivity index (χ1v) is 9.71. The summed E-state index contributed by atoms with van der Waals surface area (Å²) in [5, 5.41) is 4.00. The van der Waals surface area contributed by atoms with Crippen LogP contribution in [0.25, 0.3) is 11.3 Å². The maximum Gasteiger partial charge on any atom is 0.262 e. The molecule has 136 valence electrons. The van der Waals surface area contributed by atoms with Gasteiger partial charge in [0, 0.05) is 16.7 Å². The normalized spacial score (nSPS) is 11.5. The summed E-state index contributed by atoms with van der Waals surface area (Å²) in [4.78, 5) is 0.0564. The van der Waals surface area contributed by atoms with Crippen molar-refractivity contribution >= 4 is 27.3 Å². The summed E-state index contributed by atoms with van der Waals surface area (Å²) >= 11 is 5.71. The number of nitrogens with zero attached hydrogens (tertiary/aromatic N) is 1. The third kappa shape index (κ3) is 3.73. The van der Waals surface area contributed by atoms with Crippen molar-refractivity contribution in [3.63, 3.8) is 0 Å². The average Bonchev–Trinajstić information content (AvgIpc) is 3.03. The first-order valence-electron chi connectivity index (χ1n) is 7.84. The molecule has 0 fully saturated rings. The minimum atomic E-state index is -4.01. The molecule has 26 heavy (non-hydrogen) atoms. The van der Waals surface area contributed by atoms with Crippen molar-refractivity contribution in [2.45, 2.75) is 25.2 Å². The van der Waals surface area contributed by atoms with Crippen LogP contribution in [0.1, 0.15) is 18.2 Å². The lowest BCUT2D eigenvalue weighted by atomic mass is 10.1. The Morgan fingerprint density at radius 1 is 1.19 bits per heavy atom. The summed E-state index contributed by atoms with van der Waals surface area (Å²) in [6.45, 7) is 3.62. The van der Waals surface area contributed by atoms with Gasteiger partial charge in [0.05, 0.1) is 16.3 Å². The lowest BCUT2D eigenvalue weighted by molar-refractivity contribution is 0.427. The van der Waals surface area contributed by atoms with Crippen molar-refractivity contribution in [1.29, 1.82) is 0 Å². The van der Waals surface area contributed by atoms with E-state index in [-0.39, 0.29) is 15.6 Å². The van der Waals surface area contributed by atoms with E-state index in [2.05, 4.69) is 9.88 Å². The van der Waals surface area contributed by atoms with Gasteiger partial charge in [-0.25, -0.2) is 12.8 Å². The van der Waals surface area contributed by atoms with Crippen LogP contribution in [-0.2, 0) is 16.4 Å². The molecule has 3 rings (SSSR count). The monoisotopic (exact) mass is 394 g/mol. The summed E-state index contributed by atoms with van der Waals surface area (Å²) in [7, 11) is -4.01. The third-order valence-electron chi connectivity index (χ3n) is 3.83. The standard InChI is InChI=1S/C18H16ClFN2O3S/c1-3-12-4-5-13(17-8-11(2)21-25-17)9-18(12)26(23,24)22-16-7-6-14(19)10-15(16)20/h4-10,22H,3H2,1-2H3. The van der Waals surface area contributed by atoms with E-state index < -0.39 is 15.8 Å². The highest BCUT2D eigenvalue weighted by Gasteiger charge is 2.21. The predicted molar refractivity (Wildman–Crippen MR) is 98.3 cm³/mol. The largest absolute Gasteiger partial charge is 0.356 e. The van der Waals surface area contributed by atoms with Gasteiger partial charge in [-0.3, -0.25) is 4.72 Å². The van der Waals surface area contributed by atoms with E-state index >= 15 is 0 Å². The maximum atomic E-state index is 14.0. The van der Waals surface area contributed by atoms with Gasteiger partial charge in [-0.15, -0.1) is 0 Å². The van der Waals surface area contributed by atoms with Gasteiger partial charge in [-0.2, -0.15) is 0 Å². The average molecular weight is 395 g/mol. The highest BCUT2D eigenvalue weighted by atomic mass is 35.5. The molecule has 8 heteroatoms. The molecule has 2 aromatic carbocycles. The Morgan fingerprint density at radius 3 is 2.58 bits per heavy atom. The number of rotatable bonds is 5. The summed E-state index contributed by atoms with van der Waals surface area (Å²) < 4.78 is 47.2. The van der Waals surface area contributed by atoms with Gasteiger partial charge in [0.25, 0.3) is 10.0 Å². The van der Waals surface area contributed by atoms with Crippen molar-refractivity contribution in [3.8, 4) is 11.3 Å². The molecule has 0 atom stereocenters. The van der Waals surface area contributed by atoms with Crippen molar-refractivity contribution in [3.05, 3.63) is 64.6 Å². The Labute approximate surface area is 155 Å². The molecule has 0 saturated carbocycles. The Morgan fingerprint density at radius 2 is 1.96 bits per heavy atom. The van der Waals surface area contributed by atoms with E-state index in [1.165, 1.54) is 18.2 Å². The fourth-order valence-corrected chi connectivity index (χ4v) is 4.09. The van der Waals surface area contributed by atoms with Crippen LogP contribution in [0, 0.1) is 12.7 Å². The van der Waals surface area contributed by atoms with E-state index in [0.717, 1.165) is 6.07 Å². The quantitative estimate of drug-likeness (QED) is 0.674. The second-order valence-corrected chi connectivity index (χ2v) is 7.83. The van der Waals surface area contributed by atoms with E-state index in [0.29, 0.717) is 29.0 Å². The van der Waals surface area contributed by atoms with Crippen LogP contribution in [0.15, 0.2) is 51.9 Å². The molecule has 5 nitrogen and oxygen atoms in total. The Bertz CT molecular complexity index is 1060. The number of sulfonamides is 1. The van der Waals surface area contributed by atoms with Gasteiger partial charge in [0.15, 0.2) is 5.76 Å². The maximum absolute atomic E-state index is 14.0. The molecule has 0 amide bonds. The fraction of sp³-hybridized carbons (Fsp3) is 0.167. The first-order chi connectivity index (χ1) is 12.3. The lowest BCUT2D eigenvalue weighted by Crippen LogP contribution is -2.16. The van der Waals surface area contributed by atoms with Gasteiger partial charge in [-0.1, -0.05) is 35.8 Å². The second-order valence-electron chi connectivity index (χ2n) is 5.74. The zero-order valence-corrected chi connectivity index (χ0v) is 15.7. The van der Waals surface area contributed by atoms with Gasteiger partial charge >= 0.3 is 0 Å². The molecule has 0 aliphatic heterocycles. The molecule has 1 aromatic heterocycles. The van der Waals surface area contributed by atoms with Gasteiger partial charge < -0.3 is 4.52 Å². The molecule has 0 aliphatic rings. The lowest BCUT2D eigenvalue weighted by Gasteiger charge is -2.13. The molecule has 0 unspecified atom stereocenters. The van der Waals surface area contributed by atoms with Crippen LogP contribution < -0.4 is 4.72 Å². The Hall–Kier alpha value is -2.38. The molecular weight excluding hydrogens is 379 g/mol. The molecule has 0 aliphatic carbocycles. The molecular formula is C18H16ClFN2O3S. The van der Waals surface area contributed by atoms with Crippen LogP contribution in [0.5, 0.6) is 0 Å². The van der Waals surface area contributed by atoms with E-state index in [1.807, 2.05) is 6.92 Å². The number of anilines is 1. The fourth-order valence-electron chi connectivity index (χ4n) is 2.52. The third-order valence-corrected chi connectivity index (χ3v) is 5.51. The van der Waals surface area contributed by atoms with Crippen LogP contribution in [0.3, 0.4) is 0 Å². The minimum Gasteiger partial charge on any atom is -0.356 e. The summed E-state index contributed by atoms with van der Waals surface area (Å²) in [6, 6.07) is 10.4. The number of halogens is 2. The number of hydrogen-bond donors (Lipinski definition) is 1. The number of nitrogens with one attached hydrogen (secondary N) is 1. The number of benzene rings is 2. The minimum absolute atomic E-state index is 0.0564. The van der Waals surface area contributed by atoms with E-state index in [1.54, 1.807) is 25.1 Å². The zero-order chi connectivity index (χ0) is 18.9. The highest BCUT2D eigenvalue weighted by Crippen LogP contribution is 2.29. The van der Waals surface area contributed by atoms with Crippen LogP contribution >= 0.6 is 11.6 Å². The number of aromatic nitrogens is 1. The number of hydrogen-bond acceptors (Lipinski definition) is 4. The van der Waals surface area contributed by atoms with Gasteiger partial charge in [-0.05, 0) is 43.2 Å². The van der Waals surface area contributed by atoms with Crippen molar-refractivity contribution in [1.82, 2.24) is 5.16 Å². The Balaban J connectivity index is 2.05. The van der Waals surface area contributed by atoms with E-state index in [9.17, 15) is 12.8 Å². The molecule has 1 heterocycles. The zero-order valence-electron chi connectivity index (χ0n) is 14.1. The van der Waals surface area contributed by atoms with Crippen molar-refractivity contribution in [2.75, 3.05) is 4.72 Å². The molecule has 0 radical (unpaired) electrons. The van der Waals surface area contributed by atoms with Crippen molar-refractivity contribution in [2.24, 2.45) is 0 Å². The van der Waals surface area contributed by atoms with Crippen molar-refractivity contribution < 1.29 is 17.3 Å². The summed E-state index contributed by atoms with van der Waals surface area (Å²) in [6.07, 6.45) is 0.495. The Kier molecular flexibility index (Phi) is 5.02. The first kappa shape index (κ1) is 18.4. The molecule has 0 bridgehead atoms. The van der Waals surface area contributed by atoms with Crippen LogP contribution in [0.4, 0.5) is 10.1 Å². The highest BCUT2D eigenvalue weighted by molar-refractivity contribution is 7.92. The number of aryl methyl sites for hydroxylation is 2. The predicted octanol–water partition coefficient (Wildman–Crippen LogP) is 4.81. The van der Waals surface area contributed by atoms with E-state index in [4.69, 9.17) is 16.1 Å². The topological polar surface area (TPSA) is 72.2 Å². The molecule has 1 N–H and O–H groups in total. The molecule has 0 saturated heterocycles. The SMILES string of the molecule is CCc1ccc(-c2cc(C)no2)cc1S(=O)(=O)Nc1ccc(Cl)cc1F. The van der Waals surface area contributed by atoms with Gasteiger partial charge in [0.1, 0.15) is 5.82 Å². The molecule has 0 spiro atoms. The summed E-state index contributed by atoms with van der Waals surface area (Å²) in [5.74, 6) is -0.291. The van der Waals surface area contributed by atoms with Crippen LogP contribution in [-0.4, -0.2) is 13.6 Å². The smallest absolute Gasteiger partial charge is 0.262 e. The second kappa shape index (κ2) is 7.09. The van der Waals surface area contributed by atoms with Gasteiger partial charge in [0.2, 0.25) is 0 Å². The summed E-state index contributed by atoms with van der Waals surface area (Å²) in [5.41, 5.74) is 1.69. The van der Waals surface area contributed by atoms with Crippen LogP contribution in [0.2, 0.25) is 5.02 Å². The molecule has 3 aromatic rings.